The summed E-state index contributed by atoms with van der Waals surface area (Å²) in [4.78, 5) is 4.61. The minimum Gasteiger partial charge on any atom is -0.405 e. The third kappa shape index (κ3) is 12.8. The molecule has 8 nitrogen and oxygen atoms in total. The van der Waals surface area contributed by atoms with Crippen molar-refractivity contribution in [2.45, 2.75) is 117 Å². The van der Waals surface area contributed by atoms with E-state index in [1.807, 2.05) is 55.4 Å². The number of fused-ring (bicyclic) bond motifs is 2. The van der Waals surface area contributed by atoms with Gasteiger partial charge in [0.15, 0.2) is 0 Å². The van der Waals surface area contributed by atoms with Gasteiger partial charge < -0.3 is 37.7 Å². The topological polar surface area (TPSA) is 61.9 Å². The summed E-state index contributed by atoms with van der Waals surface area (Å²) in [7, 11) is -1.30. The summed E-state index contributed by atoms with van der Waals surface area (Å²) in [5.74, 6) is 0. The molecule has 0 N–H and O–H groups in total. The van der Waals surface area contributed by atoms with Crippen LogP contribution in [0.4, 0.5) is 34.1 Å². The third-order valence-electron chi connectivity index (χ3n) is 18.0. The van der Waals surface area contributed by atoms with Crippen molar-refractivity contribution in [3.8, 4) is 22.3 Å². The zero-order valence-corrected chi connectivity index (χ0v) is 53.1. The molecule has 0 radical (unpaired) electrons. The number of benzene rings is 10. The monoisotopic (exact) mass is 1200 g/mol. The van der Waals surface area contributed by atoms with Gasteiger partial charge in [-0.2, -0.15) is 0 Å². The Morgan fingerprint density at radius 3 is 0.884 bits per heavy atom. The lowest BCUT2D eigenvalue weighted by molar-refractivity contribution is 0.00578. The molecule has 434 valence electrons. The average Bonchev–Trinajstić information content (AvgIpc) is 2.11. The Kier molecular flexibility index (Phi) is 17.0. The molecule has 3 fully saturated rings. The van der Waals surface area contributed by atoms with E-state index in [1.54, 1.807) is 0 Å². The van der Waals surface area contributed by atoms with Crippen LogP contribution in [0.1, 0.15) is 83.1 Å². The molecule has 0 aliphatic carbocycles. The number of rotatable bonds is 10. The molecule has 0 amide bonds. The summed E-state index contributed by atoms with van der Waals surface area (Å²) in [6.45, 7) is 24.5. The average molecular weight is 1200 g/mol. The van der Waals surface area contributed by atoms with Gasteiger partial charge in [0.05, 0.1) is 33.6 Å². The van der Waals surface area contributed by atoms with E-state index < -0.39 is 14.0 Å². The SMILES string of the molecule is Brc1ccc(-c2ccc(N(c3ccccc3)c3ccc4ccccc4c3)cc2)cc1.CC1(C)OB(B2OC(C)(C)C(C)(C)O2)OC1(C)C.CC1(C)OB(c2ccc(-c3ccc(N(c4ccccc4)c4ccc5ccccc5c4)cc3)cc2)OC1(C)C. The summed E-state index contributed by atoms with van der Waals surface area (Å²) in [5, 5.41) is 4.95. The van der Waals surface area contributed by atoms with E-state index in [2.05, 4.69) is 296 Å². The fraction of sp³-hybridized carbons (Fsp3) is 0.243. The number of halogens is 1. The molecule has 0 bridgehead atoms. The summed E-state index contributed by atoms with van der Waals surface area (Å²) >= 11 is 3.51. The van der Waals surface area contributed by atoms with E-state index in [0.29, 0.717) is 0 Å². The lowest BCUT2D eigenvalue weighted by Crippen LogP contribution is -2.41. The smallest absolute Gasteiger partial charge is 0.405 e. The molecule has 10 aromatic rings. The predicted octanol–water partition coefficient (Wildman–Crippen LogP) is 19.3. The molecule has 12 heteroatoms. The van der Waals surface area contributed by atoms with Crippen LogP contribution in [0.3, 0.4) is 0 Å². The van der Waals surface area contributed by atoms with Crippen LogP contribution in [0.2, 0.25) is 0 Å². The Morgan fingerprint density at radius 2 is 0.535 bits per heavy atom. The van der Waals surface area contributed by atoms with E-state index in [9.17, 15) is 0 Å². The Balaban J connectivity index is 0.000000143. The highest BCUT2D eigenvalue weighted by atomic mass is 79.9. The van der Waals surface area contributed by atoms with Crippen molar-refractivity contribution in [2.75, 3.05) is 9.80 Å². The number of hydrogen-bond donors (Lipinski definition) is 0. The van der Waals surface area contributed by atoms with Crippen LogP contribution in [0.25, 0.3) is 43.8 Å². The maximum Gasteiger partial charge on any atom is 0.494 e. The molecular formula is C74H76B3BrN2O6. The highest BCUT2D eigenvalue weighted by molar-refractivity contribution is 9.10. The van der Waals surface area contributed by atoms with Crippen molar-refractivity contribution >= 4 is 98.2 Å². The second kappa shape index (κ2) is 24.1. The summed E-state index contributed by atoms with van der Waals surface area (Å²) in [6, 6.07) is 85.8. The van der Waals surface area contributed by atoms with Crippen molar-refractivity contribution in [3.63, 3.8) is 0 Å². The molecular weight excluding hydrogens is 1130 g/mol. The zero-order chi connectivity index (χ0) is 60.7. The fourth-order valence-electron chi connectivity index (χ4n) is 10.7. The lowest BCUT2D eigenvalue weighted by atomic mass is 9.49. The minimum atomic E-state index is -0.476. The van der Waals surface area contributed by atoms with E-state index >= 15 is 0 Å². The van der Waals surface area contributed by atoms with E-state index in [4.69, 9.17) is 27.9 Å². The highest BCUT2D eigenvalue weighted by Crippen LogP contribution is 2.44. The lowest BCUT2D eigenvalue weighted by Gasteiger charge is -2.32. The molecule has 0 atom stereocenters. The first-order valence-corrected chi connectivity index (χ1v) is 30.6. The number of hydrogen-bond acceptors (Lipinski definition) is 8. The zero-order valence-electron chi connectivity index (χ0n) is 51.5. The van der Waals surface area contributed by atoms with Gasteiger partial charge in [0, 0.05) is 38.6 Å². The Labute approximate surface area is 518 Å². The quantitative estimate of drug-likeness (QED) is 0.126. The van der Waals surface area contributed by atoms with Crippen molar-refractivity contribution in [2.24, 2.45) is 0 Å². The minimum absolute atomic E-state index is 0.345. The molecule has 3 heterocycles. The van der Waals surface area contributed by atoms with Crippen molar-refractivity contribution in [1.82, 2.24) is 0 Å². The van der Waals surface area contributed by atoms with Gasteiger partial charge >= 0.3 is 21.1 Å². The van der Waals surface area contributed by atoms with Crippen molar-refractivity contribution < 1.29 is 27.9 Å². The molecule has 10 aromatic carbocycles. The fourth-order valence-corrected chi connectivity index (χ4v) is 11.0. The molecule has 3 aliphatic heterocycles. The molecule has 86 heavy (non-hydrogen) atoms. The first kappa shape index (κ1) is 60.4. The van der Waals surface area contributed by atoms with Gasteiger partial charge in [-0.15, -0.1) is 0 Å². The van der Waals surface area contributed by atoms with Gasteiger partial charge in [0.1, 0.15) is 0 Å². The normalized spacial score (nSPS) is 17.6. The van der Waals surface area contributed by atoms with Gasteiger partial charge in [0.2, 0.25) is 0 Å². The predicted molar refractivity (Wildman–Crippen MR) is 364 cm³/mol. The molecule has 0 unspecified atom stereocenters. The first-order chi connectivity index (χ1) is 41.0. The number of para-hydroxylation sites is 2. The van der Waals surface area contributed by atoms with E-state index in [0.717, 1.165) is 49.6 Å². The molecule has 13 rings (SSSR count). The van der Waals surface area contributed by atoms with Crippen LogP contribution in [-0.2, 0) is 27.9 Å². The number of anilines is 6. The van der Waals surface area contributed by atoms with Crippen LogP contribution in [-0.4, -0.2) is 54.7 Å². The maximum absolute atomic E-state index is 6.22. The van der Waals surface area contributed by atoms with Gasteiger partial charge in [-0.1, -0.05) is 174 Å². The van der Waals surface area contributed by atoms with Gasteiger partial charge in [-0.25, -0.2) is 0 Å². The second-order valence-electron chi connectivity index (χ2n) is 25.5. The van der Waals surface area contributed by atoms with Crippen molar-refractivity contribution in [1.29, 1.82) is 0 Å². The third-order valence-corrected chi connectivity index (χ3v) is 18.5. The second-order valence-corrected chi connectivity index (χ2v) is 26.4. The number of nitrogens with zero attached hydrogens (tertiary/aromatic N) is 2. The van der Waals surface area contributed by atoms with Crippen LogP contribution < -0.4 is 15.3 Å². The highest BCUT2D eigenvalue weighted by Gasteiger charge is 2.64. The summed E-state index contributed by atoms with van der Waals surface area (Å²) in [5.41, 5.74) is 10.5. The van der Waals surface area contributed by atoms with Crippen LogP contribution in [0.5, 0.6) is 0 Å². The maximum atomic E-state index is 6.22. The van der Waals surface area contributed by atoms with Crippen LogP contribution in [0, 0.1) is 0 Å². The molecule has 3 aliphatic rings. The standard InChI is InChI=1S/C34H32BNO2.C28H20BrN.C12H24B2O4/c1-33(2)34(3,4)38-35(37-33)29-19-14-26(15-20-29)27-16-21-31(22-17-27)36(30-12-6-5-7-13-30)32-23-18-25-10-8-9-11-28(25)24-32;29-25-15-10-22(11-16-25)23-12-17-27(18-13-23)30(26-8-2-1-3-9-26)28-19-14-21-6-4-5-7-24(21)20-28;1-9(2)10(3,4)16-13(15-9)14-17-11(5,6)12(7,8)18-14/h5-24H,1-4H3;1-20H;1-8H3. The van der Waals surface area contributed by atoms with E-state index in [-0.39, 0.29) is 40.7 Å². The largest absolute Gasteiger partial charge is 0.494 e. The van der Waals surface area contributed by atoms with E-state index in [1.165, 1.54) is 38.2 Å². The Morgan fingerprint density at radius 1 is 0.267 bits per heavy atom. The van der Waals surface area contributed by atoms with Gasteiger partial charge in [-0.05, 0) is 217 Å². The Hall–Kier alpha value is -7.25. The van der Waals surface area contributed by atoms with Crippen LogP contribution in [0.15, 0.2) is 247 Å². The summed E-state index contributed by atoms with van der Waals surface area (Å²) in [6.07, 6.45) is 0. The molecule has 3 saturated heterocycles. The molecule has 0 aromatic heterocycles. The Bertz CT molecular complexity index is 3860. The van der Waals surface area contributed by atoms with Gasteiger partial charge in [-0.3, -0.25) is 0 Å². The first-order valence-electron chi connectivity index (χ1n) is 29.8. The van der Waals surface area contributed by atoms with Gasteiger partial charge in [0.25, 0.3) is 0 Å². The molecule has 0 spiro atoms. The molecule has 0 saturated carbocycles. The summed E-state index contributed by atoms with van der Waals surface area (Å²) < 4.78 is 37.4. The van der Waals surface area contributed by atoms with Crippen LogP contribution >= 0.6 is 15.9 Å². The van der Waals surface area contributed by atoms with Crippen molar-refractivity contribution in [3.05, 3.63) is 247 Å².